The SMILES string of the molecule is COc1c(Cl)cc(C)cc1/C(O)=C1\C(=O)C(=O)N(C2CCCCC2)C1c1ccc(O)cc1. The summed E-state index contributed by atoms with van der Waals surface area (Å²) >= 11 is 6.32. The monoisotopic (exact) mass is 455 g/mol. The Bertz CT molecular complexity index is 1090. The lowest BCUT2D eigenvalue weighted by Gasteiger charge is -2.35. The van der Waals surface area contributed by atoms with Gasteiger partial charge in [0.15, 0.2) is 0 Å². The fraction of sp³-hybridized carbons (Fsp3) is 0.360. The third kappa shape index (κ3) is 3.84. The second-order valence-corrected chi connectivity index (χ2v) is 8.82. The third-order valence-electron chi connectivity index (χ3n) is 6.30. The molecule has 1 saturated carbocycles. The van der Waals surface area contributed by atoms with Crippen molar-refractivity contribution in [3.63, 3.8) is 0 Å². The average Bonchev–Trinajstić information content (AvgIpc) is 3.04. The minimum absolute atomic E-state index is 0.00577. The lowest BCUT2D eigenvalue weighted by molar-refractivity contribution is -0.141. The Hall–Kier alpha value is -2.99. The number of phenolic OH excluding ortho intramolecular Hbond substituents is 1. The first-order valence-corrected chi connectivity index (χ1v) is 11.1. The molecule has 1 aliphatic heterocycles. The number of rotatable bonds is 4. The fourth-order valence-corrected chi connectivity index (χ4v) is 5.18. The van der Waals surface area contributed by atoms with Crippen molar-refractivity contribution in [2.75, 3.05) is 7.11 Å². The van der Waals surface area contributed by atoms with Gasteiger partial charge in [-0.3, -0.25) is 9.59 Å². The van der Waals surface area contributed by atoms with E-state index in [1.165, 1.54) is 19.2 Å². The van der Waals surface area contributed by atoms with Crippen LogP contribution >= 0.6 is 11.6 Å². The van der Waals surface area contributed by atoms with Crippen LogP contribution in [0.15, 0.2) is 42.0 Å². The van der Waals surface area contributed by atoms with Crippen LogP contribution in [-0.4, -0.2) is 40.0 Å². The van der Waals surface area contributed by atoms with Gasteiger partial charge in [-0.2, -0.15) is 0 Å². The summed E-state index contributed by atoms with van der Waals surface area (Å²) in [7, 11) is 1.44. The molecule has 4 rings (SSSR count). The van der Waals surface area contributed by atoms with Gasteiger partial charge in [-0.05, 0) is 55.2 Å². The standard InChI is InChI=1S/C25H26ClNO5/c1-14-12-18(24(32-2)19(26)13-14)22(29)20-21(15-8-10-17(28)11-9-15)27(25(31)23(20)30)16-6-4-3-5-7-16/h8-13,16,21,28-29H,3-7H2,1-2H3/b22-20+. The summed E-state index contributed by atoms with van der Waals surface area (Å²) < 4.78 is 5.40. The van der Waals surface area contributed by atoms with E-state index < -0.39 is 17.7 Å². The molecule has 2 N–H and O–H groups in total. The minimum Gasteiger partial charge on any atom is -0.508 e. The molecule has 32 heavy (non-hydrogen) atoms. The van der Waals surface area contributed by atoms with Crippen LogP contribution in [0.4, 0.5) is 0 Å². The van der Waals surface area contributed by atoms with Gasteiger partial charge >= 0.3 is 0 Å². The minimum atomic E-state index is -0.761. The molecule has 1 aliphatic carbocycles. The number of methoxy groups -OCH3 is 1. The fourth-order valence-electron chi connectivity index (χ4n) is 4.83. The number of aromatic hydroxyl groups is 1. The number of ether oxygens (including phenoxy) is 1. The Balaban J connectivity index is 1.93. The van der Waals surface area contributed by atoms with Gasteiger partial charge in [0.05, 0.1) is 29.3 Å². The van der Waals surface area contributed by atoms with Crippen molar-refractivity contribution in [3.05, 3.63) is 63.7 Å². The molecule has 7 heteroatoms. The van der Waals surface area contributed by atoms with E-state index in [0.717, 1.165) is 37.7 Å². The smallest absolute Gasteiger partial charge is 0.295 e. The molecule has 168 valence electrons. The van der Waals surface area contributed by atoms with Gasteiger partial charge in [-0.15, -0.1) is 0 Å². The number of nitrogens with zero attached hydrogens (tertiary/aromatic N) is 1. The zero-order valence-electron chi connectivity index (χ0n) is 18.1. The molecule has 1 saturated heterocycles. The average molecular weight is 456 g/mol. The van der Waals surface area contributed by atoms with Crippen molar-refractivity contribution in [2.45, 2.75) is 51.1 Å². The highest BCUT2D eigenvalue weighted by Crippen LogP contribution is 2.45. The van der Waals surface area contributed by atoms with Crippen LogP contribution in [-0.2, 0) is 9.59 Å². The summed E-state index contributed by atoms with van der Waals surface area (Å²) in [6.45, 7) is 1.82. The van der Waals surface area contributed by atoms with Crippen molar-refractivity contribution in [3.8, 4) is 11.5 Å². The Morgan fingerprint density at radius 2 is 1.75 bits per heavy atom. The molecule has 1 atom stereocenters. The van der Waals surface area contributed by atoms with E-state index >= 15 is 0 Å². The molecule has 0 spiro atoms. The largest absolute Gasteiger partial charge is 0.508 e. The zero-order valence-corrected chi connectivity index (χ0v) is 18.9. The molecule has 1 unspecified atom stereocenters. The van der Waals surface area contributed by atoms with Crippen LogP contribution in [0, 0.1) is 6.92 Å². The van der Waals surface area contributed by atoms with Crippen LogP contribution in [0.3, 0.4) is 0 Å². The number of hydrogen-bond acceptors (Lipinski definition) is 5. The van der Waals surface area contributed by atoms with Gasteiger partial charge < -0.3 is 19.8 Å². The number of amides is 1. The molecule has 0 aromatic heterocycles. The summed E-state index contributed by atoms with van der Waals surface area (Å²) in [5.74, 6) is -1.35. The third-order valence-corrected chi connectivity index (χ3v) is 6.58. The normalized spacial score (nSPS) is 21.2. The predicted octanol–water partition coefficient (Wildman–Crippen LogP) is 5.12. The molecule has 1 heterocycles. The highest BCUT2D eigenvalue weighted by Gasteiger charge is 2.49. The molecule has 2 fully saturated rings. The summed E-state index contributed by atoms with van der Waals surface area (Å²) in [5, 5.41) is 21.4. The second kappa shape index (κ2) is 8.87. The van der Waals surface area contributed by atoms with Crippen LogP contribution in [0.5, 0.6) is 11.5 Å². The topological polar surface area (TPSA) is 87.1 Å². The maximum Gasteiger partial charge on any atom is 0.295 e. The number of hydrogen-bond donors (Lipinski definition) is 2. The van der Waals surface area contributed by atoms with E-state index in [2.05, 4.69) is 0 Å². The van der Waals surface area contributed by atoms with E-state index in [1.54, 1.807) is 29.2 Å². The number of benzene rings is 2. The summed E-state index contributed by atoms with van der Waals surface area (Å²) in [6, 6.07) is 8.91. The maximum absolute atomic E-state index is 13.3. The number of aryl methyl sites for hydroxylation is 1. The van der Waals surface area contributed by atoms with Crippen molar-refractivity contribution in [2.24, 2.45) is 0 Å². The predicted molar refractivity (Wildman–Crippen MR) is 122 cm³/mol. The first kappa shape index (κ1) is 22.2. The summed E-state index contributed by atoms with van der Waals surface area (Å²) in [6.07, 6.45) is 4.68. The number of carbonyl (C=O) groups is 2. The summed E-state index contributed by atoms with van der Waals surface area (Å²) in [4.78, 5) is 28.1. The Labute approximate surface area is 192 Å². The van der Waals surface area contributed by atoms with Crippen molar-refractivity contribution in [1.29, 1.82) is 0 Å². The second-order valence-electron chi connectivity index (χ2n) is 8.42. The molecule has 6 nitrogen and oxygen atoms in total. The molecule has 0 radical (unpaired) electrons. The number of aliphatic hydroxyl groups is 1. The van der Waals surface area contributed by atoms with Gasteiger partial charge in [0, 0.05) is 6.04 Å². The van der Waals surface area contributed by atoms with E-state index in [-0.39, 0.29) is 34.4 Å². The summed E-state index contributed by atoms with van der Waals surface area (Å²) in [5.41, 5.74) is 1.70. The Morgan fingerprint density at radius 1 is 1.09 bits per heavy atom. The molecular weight excluding hydrogens is 430 g/mol. The number of halogens is 1. The van der Waals surface area contributed by atoms with Crippen LogP contribution in [0.2, 0.25) is 5.02 Å². The molecular formula is C25H26ClNO5. The van der Waals surface area contributed by atoms with E-state index in [4.69, 9.17) is 16.3 Å². The van der Waals surface area contributed by atoms with Gasteiger partial charge in [0.2, 0.25) is 0 Å². The molecule has 2 aromatic carbocycles. The van der Waals surface area contributed by atoms with Crippen molar-refractivity contribution in [1.82, 2.24) is 4.90 Å². The quantitative estimate of drug-likeness (QED) is 0.379. The van der Waals surface area contributed by atoms with Gasteiger partial charge in [0.1, 0.15) is 17.3 Å². The van der Waals surface area contributed by atoms with Crippen LogP contribution < -0.4 is 4.74 Å². The highest BCUT2D eigenvalue weighted by molar-refractivity contribution is 6.46. The lowest BCUT2D eigenvalue weighted by atomic mass is 9.90. The maximum atomic E-state index is 13.3. The molecule has 1 amide bonds. The number of aliphatic hydroxyl groups excluding tert-OH is 1. The Kier molecular flexibility index (Phi) is 6.15. The van der Waals surface area contributed by atoms with E-state index in [9.17, 15) is 19.8 Å². The first-order valence-electron chi connectivity index (χ1n) is 10.8. The van der Waals surface area contributed by atoms with Crippen molar-refractivity contribution < 1.29 is 24.5 Å². The number of likely N-dealkylation sites (tertiary alicyclic amines) is 1. The van der Waals surface area contributed by atoms with Crippen molar-refractivity contribution >= 4 is 29.1 Å². The number of carbonyl (C=O) groups excluding carboxylic acids is 2. The van der Waals surface area contributed by atoms with Gasteiger partial charge in [-0.25, -0.2) is 0 Å². The van der Waals surface area contributed by atoms with Crippen LogP contribution in [0.25, 0.3) is 5.76 Å². The van der Waals surface area contributed by atoms with Gasteiger partial charge in [-0.1, -0.05) is 43.0 Å². The highest BCUT2D eigenvalue weighted by atomic mass is 35.5. The molecule has 2 aliphatic rings. The number of Topliss-reactive ketones (excluding diaryl/α,β-unsaturated/α-hetero) is 1. The number of ketones is 1. The van der Waals surface area contributed by atoms with E-state index in [1.807, 2.05) is 6.92 Å². The number of phenols is 1. The van der Waals surface area contributed by atoms with Gasteiger partial charge in [0.25, 0.3) is 11.7 Å². The molecule has 2 aromatic rings. The van der Waals surface area contributed by atoms with Crippen LogP contribution in [0.1, 0.15) is 54.8 Å². The zero-order chi connectivity index (χ0) is 23.0. The van der Waals surface area contributed by atoms with E-state index in [0.29, 0.717) is 10.6 Å². The first-order chi connectivity index (χ1) is 15.3. The molecule has 0 bridgehead atoms. The lowest BCUT2D eigenvalue weighted by Crippen LogP contribution is -2.40. The Morgan fingerprint density at radius 3 is 2.38 bits per heavy atom.